The Kier molecular flexibility index (Phi) is 7.56. The maximum absolute atomic E-state index is 13.0. The van der Waals surface area contributed by atoms with Gasteiger partial charge in [0, 0.05) is 18.7 Å². The molecule has 1 amide bonds. The molecule has 7 nitrogen and oxygen atoms in total. The van der Waals surface area contributed by atoms with E-state index in [0.717, 1.165) is 18.6 Å². The molecule has 1 aliphatic rings. The molecule has 8 heteroatoms. The summed E-state index contributed by atoms with van der Waals surface area (Å²) in [4.78, 5) is 12.8. The SMILES string of the molecule is COc1ccc(OC[C@@H](C)NC(=O)c2cccc(S(=O)(=O)N3CCC(C)CC3)c2)cc1. The van der Waals surface area contributed by atoms with E-state index in [1.807, 2.05) is 6.92 Å². The van der Waals surface area contributed by atoms with Crippen LogP contribution in [0.3, 0.4) is 0 Å². The van der Waals surface area contributed by atoms with Crippen LogP contribution in [0.4, 0.5) is 0 Å². The third-order valence-electron chi connectivity index (χ3n) is 5.41. The highest BCUT2D eigenvalue weighted by atomic mass is 32.2. The van der Waals surface area contributed by atoms with Gasteiger partial charge in [-0.2, -0.15) is 4.31 Å². The first-order chi connectivity index (χ1) is 14.8. The number of benzene rings is 2. The summed E-state index contributed by atoms with van der Waals surface area (Å²) in [5.74, 6) is 1.61. The highest BCUT2D eigenvalue weighted by molar-refractivity contribution is 7.89. The Morgan fingerprint density at radius 2 is 1.77 bits per heavy atom. The van der Waals surface area contributed by atoms with Gasteiger partial charge in [0.05, 0.1) is 18.0 Å². The van der Waals surface area contributed by atoms with Gasteiger partial charge in [-0.05, 0) is 68.1 Å². The van der Waals surface area contributed by atoms with Crippen molar-refractivity contribution >= 4 is 15.9 Å². The molecule has 31 heavy (non-hydrogen) atoms. The second-order valence-corrected chi connectivity index (χ2v) is 9.91. The second kappa shape index (κ2) is 10.2. The van der Waals surface area contributed by atoms with Crippen LogP contribution in [0.2, 0.25) is 0 Å². The number of hydrogen-bond acceptors (Lipinski definition) is 5. The van der Waals surface area contributed by atoms with Crippen molar-refractivity contribution < 1.29 is 22.7 Å². The van der Waals surface area contributed by atoms with Crippen molar-refractivity contribution in [1.82, 2.24) is 9.62 Å². The molecule has 1 saturated heterocycles. The van der Waals surface area contributed by atoms with Crippen LogP contribution < -0.4 is 14.8 Å². The van der Waals surface area contributed by atoms with Crippen molar-refractivity contribution in [1.29, 1.82) is 0 Å². The summed E-state index contributed by atoms with van der Waals surface area (Å²) in [5.41, 5.74) is 0.308. The normalized spacial score (nSPS) is 16.5. The number of methoxy groups -OCH3 is 1. The van der Waals surface area contributed by atoms with Crippen molar-refractivity contribution in [2.45, 2.75) is 37.6 Å². The molecule has 0 aromatic heterocycles. The molecular formula is C23H30N2O5S. The minimum absolute atomic E-state index is 0.150. The third-order valence-corrected chi connectivity index (χ3v) is 7.31. The van der Waals surface area contributed by atoms with Crippen molar-refractivity contribution in [3.05, 3.63) is 54.1 Å². The molecule has 0 saturated carbocycles. The second-order valence-electron chi connectivity index (χ2n) is 7.98. The van der Waals surface area contributed by atoms with Crippen LogP contribution >= 0.6 is 0 Å². The molecule has 0 unspecified atom stereocenters. The molecule has 2 aromatic rings. The van der Waals surface area contributed by atoms with Crippen LogP contribution in [0.5, 0.6) is 11.5 Å². The average molecular weight is 447 g/mol. The van der Waals surface area contributed by atoms with Gasteiger partial charge in [0.1, 0.15) is 18.1 Å². The van der Waals surface area contributed by atoms with Crippen LogP contribution in [-0.2, 0) is 10.0 Å². The monoisotopic (exact) mass is 446 g/mol. The van der Waals surface area contributed by atoms with Crippen LogP contribution in [0.1, 0.15) is 37.0 Å². The fourth-order valence-corrected chi connectivity index (χ4v) is 4.93. The maximum atomic E-state index is 13.0. The van der Waals surface area contributed by atoms with E-state index < -0.39 is 10.0 Å². The van der Waals surface area contributed by atoms with Gasteiger partial charge in [0.2, 0.25) is 10.0 Å². The zero-order chi connectivity index (χ0) is 22.4. The molecule has 168 valence electrons. The number of piperidine rings is 1. The van der Waals surface area contributed by atoms with Crippen LogP contribution in [0.25, 0.3) is 0 Å². The fourth-order valence-electron chi connectivity index (χ4n) is 3.41. The highest BCUT2D eigenvalue weighted by Crippen LogP contribution is 2.24. The summed E-state index contributed by atoms with van der Waals surface area (Å²) in [6.07, 6.45) is 1.70. The number of ether oxygens (including phenoxy) is 2. The summed E-state index contributed by atoms with van der Waals surface area (Å²) in [6.45, 7) is 5.27. The summed E-state index contributed by atoms with van der Waals surface area (Å²) in [6, 6.07) is 13.1. The van der Waals surface area contributed by atoms with Crippen molar-refractivity contribution in [2.75, 3.05) is 26.8 Å². The lowest BCUT2D eigenvalue weighted by molar-refractivity contribution is 0.0926. The number of amides is 1. The number of hydrogen-bond donors (Lipinski definition) is 1. The van der Waals surface area contributed by atoms with E-state index >= 15 is 0 Å². The predicted molar refractivity (Wildman–Crippen MR) is 119 cm³/mol. The van der Waals surface area contributed by atoms with Gasteiger partial charge >= 0.3 is 0 Å². The van der Waals surface area contributed by atoms with E-state index in [1.54, 1.807) is 49.6 Å². The Labute approximate surface area is 184 Å². The van der Waals surface area contributed by atoms with E-state index in [4.69, 9.17) is 9.47 Å². The summed E-state index contributed by atoms with van der Waals surface area (Å²) < 4.78 is 38.2. The zero-order valence-corrected chi connectivity index (χ0v) is 19.0. The fraction of sp³-hybridized carbons (Fsp3) is 0.435. The van der Waals surface area contributed by atoms with Crippen LogP contribution in [-0.4, -0.2) is 51.5 Å². The van der Waals surface area contributed by atoms with E-state index in [2.05, 4.69) is 12.2 Å². The summed E-state index contributed by atoms with van der Waals surface area (Å²) in [5, 5.41) is 2.86. The van der Waals surface area contributed by atoms with E-state index in [-0.39, 0.29) is 23.5 Å². The number of rotatable bonds is 8. The summed E-state index contributed by atoms with van der Waals surface area (Å²) >= 11 is 0. The molecule has 0 radical (unpaired) electrons. The molecular weight excluding hydrogens is 416 g/mol. The lowest BCUT2D eigenvalue weighted by atomic mass is 10.0. The molecule has 0 bridgehead atoms. The minimum Gasteiger partial charge on any atom is -0.497 e. The third kappa shape index (κ3) is 5.98. The highest BCUT2D eigenvalue weighted by Gasteiger charge is 2.28. The summed E-state index contributed by atoms with van der Waals surface area (Å²) in [7, 11) is -2.01. The number of carbonyl (C=O) groups excluding carboxylic acids is 1. The smallest absolute Gasteiger partial charge is 0.251 e. The lowest BCUT2D eigenvalue weighted by Crippen LogP contribution is -2.38. The first-order valence-electron chi connectivity index (χ1n) is 10.5. The zero-order valence-electron chi connectivity index (χ0n) is 18.2. The number of sulfonamides is 1. The topological polar surface area (TPSA) is 84.9 Å². The standard InChI is InChI=1S/C23H30N2O5S/c1-17-11-13-25(14-12-17)31(27,28)22-6-4-5-19(15-22)23(26)24-18(2)16-30-21-9-7-20(29-3)8-10-21/h4-10,15,17-18H,11-14,16H2,1-3H3,(H,24,26)/t18-/m1/s1. The van der Waals surface area contributed by atoms with Gasteiger partial charge in [0.15, 0.2) is 0 Å². The largest absolute Gasteiger partial charge is 0.497 e. The molecule has 1 aliphatic heterocycles. The van der Waals surface area contributed by atoms with Gasteiger partial charge in [-0.1, -0.05) is 13.0 Å². The number of carbonyl (C=O) groups is 1. The van der Waals surface area contributed by atoms with E-state index in [0.29, 0.717) is 30.3 Å². The molecule has 2 aromatic carbocycles. The van der Waals surface area contributed by atoms with Gasteiger partial charge in [-0.25, -0.2) is 8.42 Å². The predicted octanol–water partition coefficient (Wildman–Crippen LogP) is 3.31. The Morgan fingerprint density at radius 3 is 2.42 bits per heavy atom. The Morgan fingerprint density at radius 1 is 1.13 bits per heavy atom. The molecule has 0 spiro atoms. The molecule has 1 heterocycles. The van der Waals surface area contributed by atoms with Gasteiger partial charge in [-0.3, -0.25) is 4.79 Å². The van der Waals surface area contributed by atoms with Gasteiger partial charge < -0.3 is 14.8 Å². The quantitative estimate of drug-likeness (QED) is 0.672. The lowest BCUT2D eigenvalue weighted by Gasteiger charge is -2.29. The Hall–Kier alpha value is -2.58. The molecule has 1 fully saturated rings. The molecule has 3 rings (SSSR count). The molecule has 1 N–H and O–H groups in total. The Bertz CT molecular complexity index is 983. The molecule has 1 atom stereocenters. The van der Waals surface area contributed by atoms with Crippen molar-refractivity contribution in [2.24, 2.45) is 5.92 Å². The van der Waals surface area contributed by atoms with Gasteiger partial charge in [-0.15, -0.1) is 0 Å². The van der Waals surface area contributed by atoms with E-state index in [1.165, 1.54) is 10.4 Å². The van der Waals surface area contributed by atoms with Gasteiger partial charge in [0.25, 0.3) is 5.91 Å². The van der Waals surface area contributed by atoms with E-state index in [9.17, 15) is 13.2 Å². The van der Waals surface area contributed by atoms with Crippen LogP contribution in [0, 0.1) is 5.92 Å². The molecule has 0 aliphatic carbocycles. The van der Waals surface area contributed by atoms with Crippen molar-refractivity contribution in [3.8, 4) is 11.5 Å². The Balaban J connectivity index is 1.60. The first kappa shape index (κ1) is 23.1. The number of nitrogens with one attached hydrogen (secondary N) is 1. The van der Waals surface area contributed by atoms with Crippen LogP contribution in [0.15, 0.2) is 53.4 Å². The average Bonchev–Trinajstić information content (AvgIpc) is 2.78. The number of nitrogens with zero attached hydrogens (tertiary/aromatic N) is 1. The first-order valence-corrected chi connectivity index (χ1v) is 11.9. The maximum Gasteiger partial charge on any atom is 0.251 e. The van der Waals surface area contributed by atoms with Crippen molar-refractivity contribution in [3.63, 3.8) is 0 Å². The minimum atomic E-state index is -3.60.